The summed E-state index contributed by atoms with van der Waals surface area (Å²) in [5.41, 5.74) is 0.591. The van der Waals surface area contributed by atoms with E-state index in [9.17, 15) is 8.78 Å². The van der Waals surface area contributed by atoms with Crippen molar-refractivity contribution < 1.29 is 13.2 Å². The third-order valence-electron chi connectivity index (χ3n) is 2.60. The average Bonchev–Trinajstić information content (AvgIpc) is 2.88. The quantitative estimate of drug-likeness (QED) is 0.764. The molecule has 0 unspecified atom stereocenters. The smallest absolute Gasteiger partial charge is 0.315 e. The molecule has 0 bridgehead atoms. The molecule has 1 aromatic carbocycles. The number of rotatable bonds is 7. The standard InChI is InChI=1S/C13H16F2N4O/c1-2-5-16-8-12-18-19-13(20-12)17-7-9-3-4-10(14)11(15)6-9/h3-4,6,16H,2,5,7-8H2,1H3,(H,17,19). The van der Waals surface area contributed by atoms with E-state index in [0.717, 1.165) is 25.1 Å². The van der Waals surface area contributed by atoms with E-state index in [4.69, 9.17) is 4.42 Å². The van der Waals surface area contributed by atoms with Crippen LogP contribution < -0.4 is 10.6 Å². The van der Waals surface area contributed by atoms with Gasteiger partial charge in [-0.1, -0.05) is 18.1 Å². The molecule has 0 amide bonds. The summed E-state index contributed by atoms with van der Waals surface area (Å²) in [6.45, 7) is 3.73. The van der Waals surface area contributed by atoms with Gasteiger partial charge < -0.3 is 15.1 Å². The molecule has 0 atom stereocenters. The molecule has 1 heterocycles. The molecule has 5 nitrogen and oxygen atoms in total. The molecule has 1 aromatic heterocycles. The lowest BCUT2D eigenvalue weighted by molar-refractivity contribution is 0.476. The summed E-state index contributed by atoms with van der Waals surface area (Å²) in [5, 5.41) is 13.7. The molecule has 2 aromatic rings. The third kappa shape index (κ3) is 3.99. The van der Waals surface area contributed by atoms with E-state index in [0.29, 0.717) is 18.0 Å². The van der Waals surface area contributed by atoms with Crippen LogP contribution in [0.2, 0.25) is 0 Å². The Balaban J connectivity index is 1.85. The van der Waals surface area contributed by atoms with E-state index in [1.165, 1.54) is 6.07 Å². The maximum atomic E-state index is 13.0. The normalized spacial score (nSPS) is 10.8. The fraction of sp³-hybridized carbons (Fsp3) is 0.385. The van der Waals surface area contributed by atoms with Crippen LogP contribution in [0, 0.1) is 11.6 Å². The predicted molar refractivity (Wildman–Crippen MR) is 70.0 cm³/mol. The first-order valence-corrected chi connectivity index (χ1v) is 6.40. The molecule has 0 saturated heterocycles. The van der Waals surface area contributed by atoms with E-state index in [1.54, 1.807) is 0 Å². The van der Waals surface area contributed by atoms with Crippen molar-refractivity contribution in [2.24, 2.45) is 0 Å². The van der Waals surface area contributed by atoms with Gasteiger partial charge in [-0.25, -0.2) is 8.78 Å². The van der Waals surface area contributed by atoms with Gasteiger partial charge in [-0.15, -0.1) is 5.10 Å². The van der Waals surface area contributed by atoms with Crippen LogP contribution in [0.5, 0.6) is 0 Å². The molecule has 2 rings (SSSR count). The zero-order valence-electron chi connectivity index (χ0n) is 11.1. The number of benzene rings is 1. The van der Waals surface area contributed by atoms with Crippen molar-refractivity contribution in [3.63, 3.8) is 0 Å². The van der Waals surface area contributed by atoms with Crippen LogP contribution in [0.3, 0.4) is 0 Å². The van der Waals surface area contributed by atoms with Gasteiger partial charge in [0.15, 0.2) is 11.6 Å². The van der Waals surface area contributed by atoms with Crippen LogP contribution in [0.1, 0.15) is 24.8 Å². The number of hydrogen-bond acceptors (Lipinski definition) is 5. The van der Waals surface area contributed by atoms with Crippen LogP contribution in [-0.4, -0.2) is 16.7 Å². The summed E-state index contributed by atoms with van der Waals surface area (Å²) in [6.07, 6.45) is 1.02. The van der Waals surface area contributed by atoms with Crippen molar-refractivity contribution >= 4 is 6.01 Å². The number of aromatic nitrogens is 2. The fourth-order valence-corrected chi connectivity index (χ4v) is 1.60. The Morgan fingerprint density at radius 1 is 1.15 bits per heavy atom. The highest BCUT2D eigenvalue weighted by Gasteiger charge is 2.06. The maximum Gasteiger partial charge on any atom is 0.315 e. The topological polar surface area (TPSA) is 63.0 Å². The Bertz CT molecular complexity index is 559. The van der Waals surface area contributed by atoms with Gasteiger partial charge >= 0.3 is 6.01 Å². The van der Waals surface area contributed by atoms with Crippen LogP contribution in [0.4, 0.5) is 14.8 Å². The van der Waals surface area contributed by atoms with E-state index in [2.05, 4.69) is 27.8 Å². The Morgan fingerprint density at radius 3 is 2.75 bits per heavy atom. The minimum atomic E-state index is -0.876. The lowest BCUT2D eigenvalue weighted by Gasteiger charge is -2.02. The first-order valence-electron chi connectivity index (χ1n) is 6.40. The Hall–Kier alpha value is -2.02. The number of anilines is 1. The van der Waals surface area contributed by atoms with Crippen molar-refractivity contribution in [1.82, 2.24) is 15.5 Å². The molecule has 0 spiro atoms. The highest BCUT2D eigenvalue weighted by molar-refractivity contribution is 5.24. The fourth-order valence-electron chi connectivity index (χ4n) is 1.60. The van der Waals surface area contributed by atoms with Crippen LogP contribution >= 0.6 is 0 Å². The molecule has 0 radical (unpaired) electrons. The SMILES string of the molecule is CCCNCc1nnc(NCc2ccc(F)c(F)c2)o1. The molecule has 108 valence electrons. The third-order valence-corrected chi connectivity index (χ3v) is 2.60. The zero-order valence-corrected chi connectivity index (χ0v) is 11.1. The minimum Gasteiger partial charge on any atom is -0.407 e. The minimum absolute atomic E-state index is 0.253. The summed E-state index contributed by atoms with van der Waals surface area (Å²) in [7, 11) is 0. The molecule has 7 heteroatoms. The van der Waals surface area contributed by atoms with E-state index in [1.807, 2.05) is 0 Å². The van der Waals surface area contributed by atoms with Crippen molar-refractivity contribution in [1.29, 1.82) is 0 Å². The number of nitrogens with one attached hydrogen (secondary N) is 2. The zero-order chi connectivity index (χ0) is 14.4. The second kappa shape index (κ2) is 6.95. The Labute approximate surface area is 115 Å². The van der Waals surface area contributed by atoms with Gasteiger partial charge in [0.2, 0.25) is 5.89 Å². The average molecular weight is 282 g/mol. The number of hydrogen-bond donors (Lipinski definition) is 2. The first-order chi connectivity index (χ1) is 9.69. The lowest BCUT2D eigenvalue weighted by atomic mass is 10.2. The maximum absolute atomic E-state index is 13.0. The monoisotopic (exact) mass is 282 g/mol. The van der Waals surface area contributed by atoms with Crippen molar-refractivity contribution in [2.45, 2.75) is 26.4 Å². The predicted octanol–water partition coefficient (Wildman–Crippen LogP) is 2.46. The second-order valence-electron chi connectivity index (χ2n) is 4.28. The Kier molecular flexibility index (Phi) is 5.00. The van der Waals surface area contributed by atoms with Gasteiger partial charge in [-0.3, -0.25) is 0 Å². The molecule has 0 aliphatic carbocycles. The van der Waals surface area contributed by atoms with Crippen molar-refractivity contribution in [3.05, 3.63) is 41.3 Å². The molecule has 2 N–H and O–H groups in total. The molecule has 0 aliphatic rings. The summed E-state index contributed by atoms with van der Waals surface area (Å²) in [6, 6.07) is 3.96. The summed E-state index contributed by atoms with van der Waals surface area (Å²) in [5.74, 6) is -1.26. The first kappa shape index (κ1) is 14.4. The number of nitrogens with zero attached hydrogens (tertiary/aromatic N) is 2. The number of halogens is 2. The largest absolute Gasteiger partial charge is 0.407 e. The van der Waals surface area contributed by atoms with Gasteiger partial charge in [-0.05, 0) is 30.7 Å². The summed E-state index contributed by atoms with van der Waals surface area (Å²) >= 11 is 0. The summed E-state index contributed by atoms with van der Waals surface area (Å²) < 4.78 is 31.1. The highest BCUT2D eigenvalue weighted by Crippen LogP contribution is 2.11. The molecular formula is C13H16F2N4O. The molecular weight excluding hydrogens is 266 g/mol. The molecule has 0 fully saturated rings. The van der Waals surface area contributed by atoms with Gasteiger partial charge in [0.1, 0.15) is 0 Å². The van der Waals surface area contributed by atoms with Crippen LogP contribution in [0.25, 0.3) is 0 Å². The van der Waals surface area contributed by atoms with Crippen molar-refractivity contribution in [3.8, 4) is 0 Å². The molecule has 0 saturated carbocycles. The van der Waals surface area contributed by atoms with Crippen LogP contribution in [0.15, 0.2) is 22.6 Å². The van der Waals surface area contributed by atoms with Crippen molar-refractivity contribution in [2.75, 3.05) is 11.9 Å². The lowest BCUT2D eigenvalue weighted by Crippen LogP contribution is -2.13. The van der Waals surface area contributed by atoms with E-state index < -0.39 is 11.6 Å². The Morgan fingerprint density at radius 2 is 2.00 bits per heavy atom. The van der Waals surface area contributed by atoms with E-state index >= 15 is 0 Å². The summed E-state index contributed by atoms with van der Waals surface area (Å²) in [4.78, 5) is 0. The van der Waals surface area contributed by atoms with Gasteiger partial charge in [0.05, 0.1) is 6.54 Å². The highest BCUT2D eigenvalue weighted by atomic mass is 19.2. The molecule has 0 aliphatic heterocycles. The van der Waals surface area contributed by atoms with Gasteiger partial charge in [-0.2, -0.15) is 0 Å². The van der Waals surface area contributed by atoms with Gasteiger partial charge in [0, 0.05) is 6.54 Å². The van der Waals surface area contributed by atoms with Crippen LogP contribution in [-0.2, 0) is 13.1 Å². The second-order valence-corrected chi connectivity index (χ2v) is 4.28. The van der Waals surface area contributed by atoms with E-state index in [-0.39, 0.29) is 12.6 Å². The molecule has 20 heavy (non-hydrogen) atoms. The van der Waals surface area contributed by atoms with Gasteiger partial charge in [0.25, 0.3) is 0 Å².